The van der Waals surface area contributed by atoms with Crippen LogP contribution in [0.2, 0.25) is 10.0 Å². The zero-order valence-corrected chi connectivity index (χ0v) is 12.9. The molecule has 0 unspecified atom stereocenters. The number of ketones is 2. The van der Waals surface area contributed by atoms with Gasteiger partial charge < -0.3 is 9.47 Å². The van der Waals surface area contributed by atoms with Gasteiger partial charge in [-0.3, -0.25) is 9.59 Å². The number of hydrogen-bond donors (Lipinski definition) is 0. The second-order valence-corrected chi connectivity index (χ2v) is 4.89. The highest BCUT2D eigenvalue weighted by atomic mass is 35.5. The molecule has 0 bridgehead atoms. The summed E-state index contributed by atoms with van der Waals surface area (Å²) in [6.07, 6.45) is 0.777. The van der Waals surface area contributed by atoms with Crippen LogP contribution in [0.3, 0.4) is 0 Å². The maximum absolute atomic E-state index is 11.2. The Morgan fingerprint density at radius 1 is 0.900 bits per heavy atom. The molecule has 20 heavy (non-hydrogen) atoms. The minimum atomic E-state index is -0.0643. The van der Waals surface area contributed by atoms with Crippen LogP contribution in [-0.4, -0.2) is 24.8 Å². The minimum Gasteiger partial charge on any atom is -0.484 e. The molecule has 0 saturated heterocycles. The molecule has 0 aliphatic heterocycles. The monoisotopic (exact) mass is 318 g/mol. The lowest BCUT2D eigenvalue weighted by atomic mass is 10.3. The third kappa shape index (κ3) is 5.02. The molecule has 0 aliphatic carbocycles. The first-order valence-corrected chi connectivity index (χ1v) is 7.01. The van der Waals surface area contributed by atoms with Crippen molar-refractivity contribution >= 4 is 34.8 Å². The minimum absolute atomic E-state index is 0.0420. The Labute approximate surface area is 128 Å². The molecule has 1 aromatic carbocycles. The van der Waals surface area contributed by atoms with Crippen molar-refractivity contribution < 1.29 is 19.1 Å². The lowest BCUT2D eigenvalue weighted by Gasteiger charge is -2.11. The van der Waals surface area contributed by atoms with Gasteiger partial charge in [0.25, 0.3) is 0 Å². The van der Waals surface area contributed by atoms with Crippen molar-refractivity contribution in [1.29, 1.82) is 0 Å². The Morgan fingerprint density at radius 2 is 1.30 bits per heavy atom. The predicted molar refractivity (Wildman–Crippen MR) is 78.0 cm³/mol. The van der Waals surface area contributed by atoms with Gasteiger partial charge in [0, 0.05) is 18.9 Å². The Kier molecular flexibility index (Phi) is 6.82. The highest BCUT2D eigenvalue weighted by Crippen LogP contribution is 2.35. The summed E-state index contributed by atoms with van der Waals surface area (Å²) >= 11 is 11.9. The number of hydrogen-bond acceptors (Lipinski definition) is 4. The van der Waals surface area contributed by atoms with Crippen molar-refractivity contribution in [1.82, 2.24) is 0 Å². The fourth-order valence-electron chi connectivity index (χ4n) is 1.25. The average Bonchev–Trinajstić information content (AvgIpc) is 2.44. The summed E-state index contributed by atoms with van der Waals surface area (Å²) in [5, 5.41) is 0.571. The van der Waals surface area contributed by atoms with Gasteiger partial charge in [0.15, 0.2) is 11.6 Å². The summed E-state index contributed by atoms with van der Waals surface area (Å²) < 4.78 is 10.6. The zero-order chi connectivity index (χ0) is 15.1. The van der Waals surface area contributed by atoms with Gasteiger partial charge in [0.1, 0.15) is 24.7 Å². The number of Topliss-reactive ketones (excluding diaryl/α,β-unsaturated/α-hetero) is 2. The Bertz CT molecular complexity index is 459. The molecule has 0 amide bonds. The maximum Gasteiger partial charge on any atom is 0.169 e. The Balaban J connectivity index is 2.80. The first-order chi connectivity index (χ1) is 9.47. The maximum atomic E-state index is 11.2. The normalized spacial score (nSPS) is 10.2. The fraction of sp³-hybridized carbons (Fsp3) is 0.429. The number of carbonyl (C=O) groups is 2. The predicted octanol–water partition coefficient (Wildman–Crippen LogP) is 3.71. The van der Waals surface area contributed by atoms with Crippen LogP contribution in [0.15, 0.2) is 12.1 Å². The van der Waals surface area contributed by atoms with E-state index in [1.165, 1.54) is 12.1 Å². The van der Waals surface area contributed by atoms with E-state index in [9.17, 15) is 9.59 Å². The lowest BCUT2D eigenvalue weighted by molar-refractivity contribution is -0.121. The van der Waals surface area contributed by atoms with Crippen molar-refractivity contribution in [3.8, 4) is 11.5 Å². The van der Waals surface area contributed by atoms with E-state index in [-0.39, 0.29) is 34.8 Å². The van der Waals surface area contributed by atoms with E-state index >= 15 is 0 Å². The zero-order valence-electron chi connectivity index (χ0n) is 11.4. The summed E-state index contributed by atoms with van der Waals surface area (Å²) in [6, 6.07) is 2.94. The summed E-state index contributed by atoms with van der Waals surface area (Å²) in [4.78, 5) is 22.5. The van der Waals surface area contributed by atoms with E-state index in [0.29, 0.717) is 24.3 Å². The second-order valence-electron chi connectivity index (χ2n) is 4.07. The molecule has 0 N–H and O–H groups in total. The molecule has 0 heterocycles. The average molecular weight is 319 g/mol. The molecule has 4 nitrogen and oxygen atoms in total. The number of rotatable bonds is 8. The van der Waals surface area contributed by atoms with Gasteiger partial charge >= 0.3 is 0 Å². The van der Waals surface area contributed by atoms with Gasteiger partial charge in [-0.2, -0.15) is 0 Å². The first kappa shape index (κ1) is 16.8. The van der Waals surface area contributed by atoms with Gasteiger partial charge in [-0.15, -0.1) is 0 Å². The van der Waals surface area contributed by atoms with E-state index in [4.69, 9.17) is 32.7 Å². The first-order valence-electron chi connectivity index (χ1n) is 6.25. The van der Waals surface area contributed by atoms with Crippen LogP contribution in [-0.2, 0) is 9.59 Å². The standard InChI is InChI=1S/C14H16Cl2O4/c1-3-9(17)7-19-13-6-14(12(16)5-11(13)15)20-8-10(18)4-2/h5-6H,3-4,7-8H2,1-2H3. The van der Waals surface area contributed by atoms with Gasteiger partial charge in [-0.1, -0.05) is 37.0 Å². The summed E-state index contributed by atoms with van der Waals surface area (Å²) in [7, 11) is 0. The Hall–Kier alpha value is -1.26. The fourth-order valence-corrected chi connectivity index (χ4v) is 1.74. The van der Waals surface area contributed by atoms with Crippen LogP contribution in [0.5, 0.6) is 11.5 Å². The Morgan fingerprint density at radius 3 is 1.65 bits per heavy atom. The molecule has 0 aromatic heterocycles. The van der Waals surface area contributed by atoms with Crippen LogP contribution in [0.25, 0.3) is 0 Å². The highest BCUT2D eigenvalue weighted by molar-refractivity contribution is 6.36. The molecule has 0 aliphatic rings. The van der Waals surface area contributed by atoms with Gasteiger partial charge in [0.2, 0.25) is 0 Å². The second kappa shape index (κ2) is 8.12. The lowest BCUT2D eigenvalue weighted by Crippen LogP contribution is -2.11. The molecular weight excluding hydrogens is 303 g/mol. The molecule has 0 radical (unpaired) electrons. The molecule has 1 aromatic rings. The van der Waals surface area contributed by atoms with Gasteiger partial charge in [-0.25, -0.2) is 0 Å². The van der Waals surface area contributed by atoms with Gasteiger partial charge in [0.05, 0.1) is 10.0 Å². The van der Waals surface area contributed by atoms with E-state index < -0.39 is 0 Å². The smallest absolute Gasteiger partial charge is 0.169 e. The van der Waals surface area contributed by atoms with Crippen molar-refractivity contribution in [2.45, 2.75) is 26.7 Å². The topological polar surface area (TPSA) is 52.6 Å². The molecule has 6 heteroatoms. The third-order valence-corrected chi connectivity index (χ3v) is 3.14. The number of carbonyl (C=O) groups excluding carboxylic acids is 2. The molecule has 1 rings (SSSR count). The SMILES string of the molecule is CCC(=O)COc1cc(OCC(=O)CC)c(Cl)cc1Cl. The van der Waals surface area contributed by atoms with Crippen molar-refractivity contribution in [3.05, 3.63) is 22.2 Å². The molecular formula is C14H16Cl2O4. The summed E-state index contributed by atoms with van der Waals surface area (Å²) in [5.41, 5.74) is 0. The highest BCUT2D eigenvalue weighted by Gasteiger charge is 2.12. The summed E-state index contributed by atoms with van der Waals surface area (Å²) in [6.45, 7) is 3.37. The van der Waals surface area contributed by atoms with E-state index in [1.54, 1.807) is 13.8 Å². The van der Waals surface area contributed by atoms with Gasteiger partial charge in [-0.05, 0) is 6.07 Å². The van der Waals surface area contributed by atoms with E-state index in [2.05, 4.69) is 0 Å². The molecule has 0 atom stereocenters. The molecule has 0 spiro atoms. The van der Waals surface area contributed by atoms with Crippen molar-refractivity contribution in [2.24, 2.45) is 0 Å². The quantitative estimate of drug-likeness (QED) is 0.733. The molecule has 0 saturated carbocycles. The number of benzene rings is 1. The van der Waals surface area contributed by atoms with Crippen molar-refractivity contribution in [2.75, 3.05) is 13.2 Å². The number of halogens is 2. The van der Waals surface area contributed by atoms with E-state index in [1.807, 2.05) is 0 Å². The largest absolute Gasteiger partial charge is 0.484 e. The summed E-state index contributed by atoms with van der Waals surface area (Å²) in [5.74, 6) is 0.521. The molecule has 0 fully saturated rings. The van der Waals surface area contributed by atoms with Crippen LogP contribution < -0.4 is 9.47 Å². The molecule has 110 valence electrons. The van der Waals surface area contributed by atoms with Crippen LogP contribution in [0.1, 0.15) is 26.7 Å². The van der Waals surface area contributed by atoms with Crippen molar-refractivity contribution in [3.63, 3.8) is 0 Å². The van der Waals surface area contributed by atoms with Crippen LogP contribution in [0.4, 0.5) is 0 Å². The number of ether oxygens (including phenoxy) is 2. The van der Waals surface area contributed by atoms with Crippen LogP contribution >= 0.6 is 23.2 Å². The van der Waals surface area contributed by atoms with Crippen LogP contribution in [0, 0.1) is 0 Å². The third-order valence-electron chi connectivity index (χ3n) is 2.55. The van der Waals surface area contributed by atoms with E-state index in [0.717, 1.165) is 0 Å².